The Hall–Kier alpha value is -0.830. The summed E-state index contributed by atoms with van der Waals surface area (Å²) in [5.74, 6) is 0.100. The standard InChI is InChI=1S/C11H12BrNO/c1-11(2)8-4-3-5-9(12)7(8)6-13-10(11)14/h3-5H,6H2,1-2H3,(H,13,14). The van der Waals surface area contributed by atoms with Crippen LogP contribution in [0.15, 0.2) is 22.7 Å². The van der Waals surface area contributed by atoms with E-state index >= 15 is 0 Å². The highest BCUT2D eigenvalue weighted by Gasteiger charge is 2.35. The van der Waals surface area contributed by atoms with Crippen molar-refractivity contribution in [3.8, 4) is 0 Å². The first kappa shape index (κ1) is 9.71. The Bertz CT molecular complexity index is 398. The molecule has 14 heavy (non-hydrogen) atoms. The Morgan fingerprint density at radius 2 is 2.14 bits per heavy atom. The molecular weight excluding hydrogens is 242 g/mol. The molecule has 1 heterocycles. The molecule has 1 amide bonds. The molecule has 0 spiro atoms. The van der Waals surface area contributed by atoms with Crippen LogP contribution in [0.25, 0.3) is 0 Å². The van der Waals surface area contributed by atoms with Crippen LogP contribution in [0, 0.1) is 0 Å². The minimum atomic E-state index is -0.419. The molecule has 3 heteroatoms. The summed E-state index contributed by atoms with van der Waals surface area (Å²) in [6.45, 7) is 4.53. The highest BCUT2D eigenvalue weighted by atomic mass is 79.9. The van der Waals surface area contributed by atoms with Crippen molar-refractivity contribution in [3.05, 3.63) is 33.8 Å². The molecule has 0 saturated carbocycles. The smallest absolute Gasteiger partial charge is 0.230 e. The first-order chi connectivity index (χ1) is 6.53. The lowest BCUT2D eigenvalue weighted by atomic mass is 9.78. The Morgan fingerprint density at radius 3 is 2.86 bits per heavy atom. The van der Waals surface area contributed by atoms with Gasteiger partial charge >= 0.3 is 0 Å². The second-order valence-electron chi connectivity index (χ2n) is 4.07. The zero-order valence-corrected chi connectivity index (χ0v) is 9.81. The van der Waals surface area contributed by atoms with Crippen molar-refractivity contribution in [1.82, 2.24) is 5.32 Å². The molecule has 0 atom stereocenters. The molecule has 2 rings (SSSR count). The first-order valence-electron chi connectivity index (χ1n) is 4.59. The molecule has 1 aromatic rings. The van der Waals surface area contributed by atoms with Crippen LogP contribution in [0.1, 0.15) is 25.0 Å². The maximum atomic E-state index is 11.7. The van der Waals surface area contributed by atoms with Gasteiger partial charge in [-0.3, -0.25) is 4.79 Å². The summed E-state index contributed by atoms with van der Waals surface area (Å²) in [6, 6.07) is 6.01. The number of hydrogen-bond donors (Lipinski definition) is 1. The molecule has 0 aliphatic carbocycles. The van der Waals surface area contributed by atoms with Crippen molar-refractivity contribution in [2.45, 2.75) is 25.8 Å². The van der Waals surface area contributed by atoms with E-state index in [1.807, 2.05) is 32.0 Å². The van der Waals surface area contributed by atoms with E-state index in [4.69, 9.17) is 0 Å². The molecular formula is C11H12BrNO. The van der Waals surface area contributed by atoms with Gasteiger partial charge in [0.15, 0.2) is 0 Å². The molecule has 1 aromatic carbocycles. The van der Waals surface area contributed by atoms with Gasteiger partial charge in [0.2, 0.25) is 5.91 Å². The lowest BCUT2D eigenvalue weighted by molar-refractivity contribution is -0.126. The third kappa shape index (κ3) is 1.27. The van der Waals surface area contributed by atoms with Crippen LogP contribution >= 0.6 is 15.9 Å². The van der Waals surface area contributed by atoms with Gasteiger partial charge in [-0.2, -0.15) is 0 Å². The van der Waals surface area contributed by atoms with Crippen molar-refractivity contribution in [1.29, 1.82) is 0 Å². The molecule has 0 unspecified atom stereocenters. The maximum Gasteiger partial charge on any atom is 0.230 e. The molecule has 0 fully saturated rings. The monoisotopic (exact) mass is 253 g/mol. The number of nitrogens with one attached hydrogen (secondary N) is 1. The quantitative estimate of drug-likeness (QED) is 0.756. The molecule has 2 nitrogen and oxygen atoms in total. The van der Waals surface area contributed by atoms with Crippen LogP contribution in [0.5, 0.6) is 0 Å². The molecule has 74 valence electrons. The van der Waals surface area contributed by atoms with E-state index in [0.717, 1.165) is 10.0 Å². The van der Waals surface area contributed by atoms with E-state index < -0.39 is 5.41 Å². The average molecular weight is 254 g/mol. The van der Waals surface area contributed by atoms with Crippen molar-refractivity contribution in [3.63, 3.8) is 0 Å². The second kappa shape index (κ2) is 3.09. The summed E-state index contributed by atoms with van der Waals surface area (Å²) in [7, 11) is 0. The van der Waals surface area contributed by atoms with E-state index in [0.29, 0.717) is 6.54 Å². The fourth-order valence-electron chi connectivity index (χ4n) is 1.84. The van der Waals surface area contributed by atoms with Crippen LogP contribution < -0.4 is 5.32 Å². The molecule has 0 saturated heterocycles. The summed E-state index contributed by atoms with van der Waals surface area (Å²) in [5, 5.41) is 2.90. The zero-order valence-electron chi connectivity index (χ0n) is 8.23. The zero-order chi connectivity index (χ0) is 10.3. The lowest BCUT2D eigenvalue weighted by Gasteiger charge is -2.32. The Balaban J connectivity index is 2.64. The number of carbonyl (C=O) groups excluding carboxylic acids is 1. The number of amides is 1. The van der Waals surface area contributed by atoms with Crippen LogP contribution in [-0.2, 0) is 16.8 Å². The second-order valence-corrected chi connectivity index (χ2v) is 4.93. The topological polar surface area (TPSA) is 29.1 Å². The fraction of sp³-hybridized carbons (Fsp3) is 0.364. The molecule has 1 aliphatic rings. The predicted octanol–water partition coefficient (Wildman–Crippen LogP) is 2.36. The number of hydrogen-bond acceptors (Lipinski definition) is 1. The minimum absolute atomic E-state index is 0.100. The van der Waals surface area contributed by atoms with Crippen molar-refractivity contribution >= 4 is 21.8 Å². The van der Waals surface area contributed by atoms with Crippen LogP contribution in [0.2, 0.25) is 0 Å². The number of fused-ring (bicyclic) bond motifs is 1. The van der Waals surface area contributed by atoms with Crippen LogP contribution in [0.3, 0.4) is 0 Å². The van der Waals surface area contributed by atoms with E-state index in [-0.39, 0.29) is 5.91 Å². The summed E-state index contributed by atoms with van der Waals surface area (Å²) >= 11 is 3.50. The van der Waals surface area contributed by atoms with Gasteiger partial charge < -0.3 is 5.32 Å². The largest absolute Gasteiger partial charge is 0.351 e. The van der Waals surface area contributed by atoms with Gasteiger partial charge in [0.1, 0.15) is 0 Å². The SMILES string of the molecule is CC1(C)C(=O)NCc2c(Br)cccc21. The Kier molecular flexibility index (Phi) is 2.14. The molecule has 0 bridgehead atoms. The van der Waals surface area contributed by atoms with E-state index in [9.17, 15) is 4.79 Å². The fourth-order valence-corrected chi connectivity index (χ4v) is 2.34. The maximum absolute atomic E-state index is 11.7. The third-order valence-corrected chi connectivity index (χ3v) is 3.53. The molecule has 0 radical (unpaired) electrons. The summed E-state index contributed by atoms with van der Waals surface area (Å²) in [5.41, 5.74) is 1.89. The Labute approximate surface area is 91.8 Å². The van der Waals surface area contributed by atoms with Gasteiger partial charge in [-0.15, -0.1) is 0 Å². The van der Waals surface area contributed by atoms with Crippen molar-refractivity contribution in [2.24, 2.45) is 0 Å². The predicted molar refractivity (Wildman–Crippen MR) is 59.0 cm³/mol. The van der Waals surface area contributed by atoms with Crippen molar-refractivity contribution in [2.75, 3.05) is 0 Å². The average Bonchev–Trinajstić information content (AvgIpc) is 2.13. The van der Waals surface area contributed by atoms with Crippen molar-refractivity contribution < 1.29 is 4.79 Å². The summed E-state index contributed by atoms with van der Waals surface area (Å²) in [4.78, 5) is 11.7. The van der Waals surface area contributed by atoms with E-state index in [1.165, 1.54) is 5.56 Å². The lowest BCUT2D eigenvalue weighted by Crippen LogP contribution is -2.44. The van der Waals surface area contributed by atoms with Crippen LogP contribution in [-0.4, -0.2) is 5.91 Å². The molecule has 1 N–H and O–H groups in total. The van der Waals surface area contributed by atoms with E-state index in [2.05, 4.69) is 21.2 Å². The van der Waals surface area contributed by atoms with Gasteiger partial charge in [0.25, 0.3) is 0 Å². The number of halogens is 1. The van der Waals surface area contributed by atoms with Gasteiger partial charge in [0, 0.05) is 11.0 Å². The molecule has 0 aromatic heterocycles. The number of carbonyl (C=O) groups is 1. The van der Waals surface area contributed by atoms with Gasteiger partial charge in [-0.25, -0.2) is 0 Å². The highest BCUT2D eigenvalue weighted by molar-refractivity contribution is 9.10. The summed E-state index contributed by atoms with van der Waals surface area (Å²) in [6.07, 6.45) is 0. The van der Waals surface area contributed by atoms with Gasteiger partial charge in [-0.1, -0.05) is 28.1 Å². The highest BCUT2D eigenvalue weighted by Crippen LogP contribution is 2.33. The van der Waals surface area contributed by atoms with E-state index in [1.54, 1.807) is 0 Å². The first-order valence-corrected chi connectivity index (χ1v) is 5.39. The van der Waals surface area contributed by atoms with Gasteiger partial charge in [0.05, 0.1) is 5.41 Å². The Morgan fingerprint density at radius 1 is 1.43 bits per heavy atom. The minimum Gasteiger partial charge on any atom is -0.351 e. The normalized spacial score (nSPS) is 18.6. The third-order valence-electron chi connectivity index (χ3n) is 2.79. The van der Waals surface area contributed by atoms with Gasteiger partial charge in [-0.05, 0) is 31.0 Å². The number of rotatable bonds is 0. The number of benzene rings is 1. The van der Waals surface area contributed by atoms with Crippen LogP contribution in [0.4, 0.5) is 0 Å². The summed E-state index contributed by atoms with van der Waals surface area (Å²) < 4.78 is 1.07. The molecule has 1 aliphatic heterocycles.